The Labute approximate surface area is 188 Å². The van der Waals surface area contributed by atoms with Crippen LogP contribution in [0.15, 0.2) is 61.1 Å². The summed E-state index contributed by atoms with van der Waals surface area (Å²) in [6, 6.07) is 13.9. The van der Waals surface area contributed by atoms with Crippen LogP contribution >= 0.6 is 0 Å². The summed E-state index contributed by atoms with van der Waals surface area (Å²) < 4.78 is 7.46. The standard InChI is InChI=1S/C25H29N5O2/c1-29(2)10-5-11-30-17-23(25(31)26-14-18-6-4-7-21(12-18)32-3)22-9-8-19(13-24(22)30)20-15-27-28-16-20/h4,6-9,12-13,15-17H,5,10-11,14H2,1-3H3,(H,26,31)(H,27,28). The fourth-order valence-corrected chi connectivity index (χ4v) is 3.86. The summed E-state index contributed by atoms with van der Waals surface area (Å²) in [6.07, 6.45) is 6.66. The second-order valence-corrected chi connectivity index (χ2v) is 8.15. The van der Waals surface area contributed by atoms with Crippen LogP contribution in [0, 0.1) is 0 Å². The van der Waals surface area contributed by atoms with Crippen LogP contribution in [0.3, 0.4) is 0 Å². The Kier molecular flexibility index (Phi) is 6.56. The molecule has 0 radical (unpaired) electrons. The first-order valence-corrected chi connectivity index (χ1v) is 10.7. The van der Waals surface area contributed by atoms with Crippen molar-refractivity contribution in [3.05, 3.63) is 72.2 Å². The van der Waals surface area contributed by atoms with E-state index < -0.39 is 0 Å². The molecule has 0 fully saturated rings. The number of amides is 1. The molecule has 2 heterocycles. The number of methoxy groups -OCH3 is 1. The number of aryl methyl sites for hydroxylation is 1. The van der Waals surface area contributed by atoms with E-state index in [9.17, 15) is 4.79 Å². The maximum Gasteiger partial charge on any atom is 0.253 e. The highest BCUT2D eigenvalue weighted by atomic mass is 16.5. The molecule has 2 aromatic heterocycles. The third kappa shape index (κ3) is 4.84. The molecule has 1 amide bonds. The number of nitrogens with one attached hydrogen (secondary N) is 2. The van der Waals surface area contributed by atoms with E-state index in [0.29, 0.717) is 12.1 Å². The predicted octanol–water partition coefficient (Wildman–Crippen LogP) is 3.92. The molecule has 0 aliphatic carbocycles. The number of rotatable bonds is 9. The number of fused-ring (bicyclic) bond motifs is 1. The number of aromatic amines is 1. The van der Waals surface area contributed by atoms with Gasteiger partial charge in [-0.3, -0.25) is 9.89 Å². The number of hydrogen-bond acceptors (Lipinski definition) is 4. The quantitative estimate of drug-likeness (QED) is 0.421. The molecule has 32 heavy (non-hydrogen) atoms. The molecule has 4 aromatic rings. The van der Waals surface area contributed by atoms with Gasteiger partial charge in [-0.25, -0.2) is 0 Å². The van der Waals surface area contributed by atoms with E-state index in [1.807, 2.05) is 55.0 Å². The fraction of sp³-hybridized carbons (Fsp3) is 0.280. The van der Waals surface area contributed by atoms with Crippen LogP contribution in [-0.2, 0) is 13.1 Å². The van der Waals surface area contributed by atoms with Crippen LogP contribution in [0.25, 0.3) is 22.0 Å². The Hall–Kier alpha value is -3.58. The molecule has 0 bridgehead atoms. The Morgan fingerprint density at radius 3 is 2.81 bits per heavy atom. The van der Waals surface area contributed by atoms with Gasteiger partial charge in [0.1, 0.15) is 5.75 Å². The van der Waals surface area contributed by atoms with Gasteiger partial charge in [-0.1, -0.05) is 24.3 Å². The van der Waals surface area contributed by atoms with Crippen molar-refractivity contribution in [1.82, 2.24) is 25.0 Å². The minimum atomic E-state index is -0.0831. The SMILES string of the molecule is COc1cccc(CNC(=O)c2cn(CCCN(C)C)c3cc(-c4cn[nH]c4)ccc23)c1. The van der Waals surface area contributed by atoms with Crippen molar-refractivity contribution in [2.24, 2.45) is 0 Å². The third-order valence-electron chi connectivity index (χ3n) is 5.55. The zero-order valence-electron chi connectivity index (χ0n) is 18.8. The highest BCUT2D eigenvalue weighted by molar-refractivity contribution is 6.07. The lowest BCUT2D eigenvalue weighted by Crippen LogP contribution is -2.22. The molecule has 0 saturated carbocycles. The maximum absolute atomic E-state index is 13.1. The maximum atomic E-state index is 13.1. The van der Waals surface area contributed by atoms with Crippen LogP contribution in [-0.4, -0.2) is 53.3 Å². The first-order valence-electron chi connectivity index (χ1n) is 10.7. The van der Waals surface area contributed by atoms with Crippen molar-refractivity contribution >= 4 is 16.8 Å². The molecule has 166 valence electrons. The van der Waals surface area contributed by atoms with Gasteiger partial charge in [0.25, 0.3) is 5.91 Å². The molecular formula is C25H29N5O2. The molecule has 2 aromatic carbocycles. The molecule has 0 atom stereocenters. The van der Waals surface area contributed by atoms with Crippen LogP contribution in [0.2, 0.25) is 0 Å². The van der Waals surface area contributed by atoms with Gasteiger partial charge in [0, 0.05) is 41.9 Å². The topological polar surface area (TPSA) is 75.2 Å². The molecule has 7 nitrogen and oxygen atoms in total. The Bertz CT molecular complexity index is 1190. The predicted molar refractivity (Wildman–Crippen MR) is 127 cm³/mol. The van der Waals surface area contributed by atoms with E-state index in [-0.39, 0.29) is 5.91 Å². The smallest absolute Gasteiger partial charge is 0.253 e. The Morgan fingerprint density at radius 1 is 1.19 bits per heavy atom. The molecule has 7 heteroatoms. The van der Waals surface area contributed by atoms with E-state index in [2.05, 4.69) is 45.1 Å². The largest absolute Gasteiger partial charge is 0.497 e. The average Bonchev–Trinajstić information content (AvgIpc) is 3.46. The molecule has 0 aliphatic heterocycles. The van der Waals surface area contributed by atoms with Gasteiger partial charge in [0.05, 0.1) is 18.9 Å². The highest BCUT2D eigenvalue weighted by Gasteiger charge is 2.16. The van der Waals surface area contributed by atoms with Crippen molar-refractivity contribution in [1.29, 1.82) is 0 Å². The minimum Gasteiger partial charge on any atom is -0.497 e. The van der Waals surface area contributed by atoms with Gasteiger partial charge in [-0.2, -0.15) is 5.10 Å². The van der Waals surface area contributed by atoms with Crippen LogP contribution in [0.4, 0.5) is 0 Å². The Morgan fingerprint density at radius 2 is 2.06 bits per heavy atom. The third-order valence-corrected chi connectivity index (χ3v) is 5.55. The number of H-pyrrole nitrogens is 1. The Balaban J connectivity index is 1.61. The average molecular weight is 432 g/mol. The summed E-state index contributed by atoms with van der Waals surface area (Å²) >= 11 is 0. The number of hydrogen-bond donors (Lipinski definition) is 2. The number of benzene rings is 2. The molecule has 0 unspecified atom stereocenters. The zero-order chi connectivity index (χ0) is 22.5. The fourth-order valence-electron chi connectivity index (χ4n) is 3.86. The molecule has 4 rings (SSSR count). The van der Waals surface area contributed by atoms with Gasteiger partial charge in [0.15, 0.2) is 0 Å². The van der Waals surface area contributed by atoms with Crippen molar-refractivity contribution in [3.8, 4) is 16.9 Å². The molecule has 0 saturated heterocycles. The second kappa shape index (κ2) is 9.70. The van der Waals surface area contributed by atoms with Crippen LogP contribution in [0.5, 0.6) is 5.75 Å². The van der Waals surface area contributed by atoms with Crippen LogP contribution in [0.1, 0.15) is 22.3 Å². The molecule has 0 aliphatic rings. The lowest BCUT2D eigenvalue weighted by Gasteiger charge is -2.10. The van der Waals surface area contributed by atoms with Gasteiger partial charge < -0.3 is 19.5 Å². The minimum absolute atomic E-state index is 0.0831. The van der Waals surface area contributed by atoms with E-state index in [4.69, 9.17) is 4.74 Å². The summed E-state index contributed by atoms with van der Waals surface area (Å²) in [5.74, 6) is 0.696. The van der Waals surface area contributed by atoms with E-state index in [1.54, 1.807) is 7.11 Å². The molecular weight excluding hydrogens is 402 g/mol. The molecule has 0 spiro atoms. The van der Waals surface area contributed by atoms with Crippen molar-refractivity contribution in [3.63, 3.8) is 0 Å². The number of aromatic nitrogens is 3. The highest BCUT2D eigenvalue weighted by Crippen LogP contribution is 2.28. The monoisotopic (exact) mass is 431 g/mol. The summed E-state index contributed by atoms with van der Waals surface area (Å²) in [5, 5.41) is 10.9. The lowest BCUT2D eigenvalue weighted by molar-refractivity contribution is 0.0952. The van der Waals surface area contributed by atoms with E-state index in [0.717, 1.165) is 52.9 Å². The summed E-state index contributed by atoms with van der Waals surface area (Å²) in [5.41, 5.74) is 4.83. The summed E-state index contributed by atoms with van der Waals surface area (Å²) in [6.45, 7) is 2.27. The summed E-state index contributed by atoms with van der Waals surface area (Å²) in [7, 11) is 5.78. The summed E-state index contributed by atoms with van der Waals surface area (Å²) in [4.78, 5) is 15.3. The second-order valence-electron chi connectivity index (χ2n) is 8.15. The number of nitrogens with zero attached hydrogens (tertiary/aromatic N) is 3. The van der Waals surface area contributed by atoms with Gasteiger partial charge in [-0.15, -0.1) is 0 Å². The van der Waals surface area contributed by atoms with E-state index >= 15 is 0 Å². The number of carbonyl (C=O) groups is 1. The van der Waals surface area contributed by atoms with Gasteiger partial charge >= 0.3 is 0 Å². The van der Waals surface area contributed by atoms with Crippen LogP contribution < -0.4 is 10.1 Å². The first-order chi connectivity index (χ1) is 15.5. The number of carbonyl (C=O) groups excluding carboxylic acids is 1. The van der Waals surface area contributed by atoms with Crippen molar-refractivity contribution < 1.29 is 9.53 Å². The van der Waals surface area contributed by atoms with E-state index in [1.165, 1.54) is 0 Å². The normalized spacial score (nSPS) is 11.2. The molecule has 2 N–H and O–H groups in total. The number of ether oxygens (including phenoxy) is 1. The zero-order valence-corrected chi connectivity index (χ0v) is 18.8. The first kappa shape index (κ1) is 21.6. The van der Waals surface area contributed by atoms with Gasteiger partial charge in [0.2, 0.25) is 0 Å². The van der Waals surface area contributed by atoms with Gasteiger partial charge in [-0.05, 0) is 56.4 Å². The van der Waals surface area contributed by atoms with Crippen molar-refractivity contribution in [2.45, 2.75) is 19.5 Å². The lowest BCUT2D eigenvalue weighted by atomic mass is 10.1. The van der Waals surface area contributed by atoms with Crippen molar-refractivity contribution in [2.75, 3.05) is 27.7 Å².